The van der Waals surface area contributed by atoms with E-state index in [2.05, 4.69) is 15.5 Å². The topological polar surface area (TPSA) is 121 Å². The van der Waals surface area contributed by atoms with E-state index < -0.39 is 17.7 Å². The number of hydrogen-bond acceptors (Lipinski definition) is 7. The molecule has 2 aromatic rings. The van der Waals surface area contributed by atoms with Crippen LogP contribution in [0.25, 0.3) is 0 Å². The number of rotatable bonds is 5. The maximum Gasteiger partial charge on any atom is 0.490 e. The van der Waals surface area contributed by atoms with Crippen LogP contribution in [0, 0.1) is 0 Å². The Balaban J connectivity index is 0.000000429. The molecule has 13 heteroatoms. The summed E-state index contributed by atoms with van der Waals surface area (Å²) in [6.07, 6.45) is 0.775. The van der Waals surface area contributed by atoms with Gasteiger partial charge in [-0.3, -0.25) is 14.6 Å². The van der Waals surface area contributed by atoms with E-state index in [1.807, 2.05) is 34.5 Å². The largest absolute Gasteiger partial charge is 0.490 e. The molecule has 0 aliphatic carbocycles. The van der Waals surface area contributed by atoms with E-state index in [1.54, 1.807) is 23.7 Å². The summed E-state index contributed by atoms with van der Waals surface area (Å²) < 4.78 is 31.7. The van der Waals surface area contributed by atoms with Crippen LogP contribution in [0.4, 0.5) is 13.2 Å². The highest BCUT2D eigenvalue weighted by Gasteiger charge is 2.45. The van der Waals surface area contributed by atoms with Crippen LogP contribution in [0.5, 0.6) is 0 Å². The molecule has 0 aromatic carbocycles. The van der Waals surface area contributed by atoms with E-state index in [0.29, 0.717) is 31.6 Å². The van der Waals surface area contributed by atoms with E-state index >= 15 is 0 Å². The number of nitrogens with zero attached hydrogens (tertiary/aromatic N) is 3. The Labute approximate surface area is 202 Å². The number of nitrogens with one attached hydrogen (secondary N) is 1. The minimum absolute atomic E-state index is 0.0979. The van der Waals surface area contributed by atoms with Crippen LogP contribution in [-0.4, -0.2) is 63.4 Å². The first kappa shape index (κ1) is 26.1. The van der Waals surface area contributed by atoms with Crippen LogP contribution in [0.3, 0.4) is 0 Å². The van der Waals surface area contributed by atoms with Crippen molar-refractivity contribution in [2.24, 2.45) is 5.16 Å². The van der Waals surface area contributed by atoms with Gasteiger partial charge < -0.3 is 20.2 Å². The van der Waals surface area contributed by atoms with Gasteiger partial charge in [0.2, 0.25) is 5.91 Å². The summed E-state index contributed by atoms with van der Waals surface area (Å²) in [7, 11) is 0. The Kier molecular flexibility index (Phi) is 8.43. The Morgan fingerprint density at radius 3 is 2.57 bits per heavy atom. The third-order valence-corrected chi connectivity index (χ3v) is 6.22. The van der Waals surface area contributed by atoms with Crippen molar-refractivity contribution in [3.8, 4) is 0 Å². The van der Waals surface area contributed by atoms with Gasteiger partial charge in [-0.15, -0.1) is 11.3 Å². The lowest BCUT2D eigenvalue weighted by Gasteiger charge is -2.38. The molecule has 1 fully saturated rings. The summed E-state index contributed by atoms with van der Waals surface area (Å²) in [6, 6.07) is 7.64. The summed E-state index contributed by atoms with van der Waals surface area (Å²) in [5.41, 5.74) is 0.786. The molecule has 2 N–H and O–H groups in total. The average molecular weight is 513 g/mol. The number of carboxylic acid groups (broad SMARTS) is 1. The Hall–Kier alpha value is -3.48. The van der Waals surface area contributed by atoms with Gasteiger partial charge in [0.15, 0.2) is 5.60 Å². The van der Waals surface area contributed by atoms with Crippen LogP contribution < -0.4 is 5.32 Å². The van der Waals surface area contributed by atoms with Gasteiger partial charge in [-0.05, 0) is 42.0 Å². The minimum Gasteiger partial charge on any atom is -0.475 e. The van der Waals surface area contributed by atoms with Crippen molar-refractivity contribution in [3.05, 3.63) is 52.5 Å². The number of carbonyl (C=O) groups excluding carboxylic acids is 2. The fraction of sp³-hybridized carbons (Fsp3) is 0.409. The molecule has 1 spiro atoms. The molecule has 1 unspecified atom stereocenters. The molecule has 9 nitrogen and oxygen atoms in total. The predicted octanol–water partition coefficient (Wildman–Crippen LogP) is 2.77. The molecule has 2 aliphatic heterocycles. The quantitative estimate of drug-likeness (QED) is 0.636. The second kappa shape index (κ2) is 11.3. The number of halogens is 3. The van der Waals surface area contributed by atoms with Gasteiger partial charge >= 0.3 is 12.1 Å². The van der Waals surface area contributed by atoms with Gasteiger partial charge in [0.05, 0.1) is 13.0 Å². The normalized spacial score (nSPS) is 19.3. The molecule has 0 bridgehead atoms. The number of oxime groups is 1. The lowest BCUT2D eigenvalue weighted by molar-refractivity contribution is -0.192. The van der Waals surface area contributed by atoms with Crippen molar-refractivity contribution in [1.29, 1.82) is 0 Å². The Morgan fingerprint density at radius 1 is 1.23 bits per heavy atom. The number of carboxylic acids is 1. The van der Waals surface area contributed by atoms with E-state index in [-0.39, 0.29) is 11.8 Å². The standard InChI is InChI=1S/C20H22N4O3S.C2HF3O2/c25-18(11-16-3-1-10-28-16)24-9-2-6-20(14-24)12-17(23-27-20)19(26)22-13-15-4-7-21-8-5-15;3-2(4,5)1(6)7/h1,3-5,7-8,10H,2,6,9,11-14H2,(H,22,26);(H,6,7). The van der Waals surface area contributed by atoms with Gasteiger partial charge in [-0.1, -0.05) is 11.2 Å². The molecule has 1 saturated heterocycles. The van der Waals surface area contributed by atoms with Crippen LogP contribution in [0.15, 0.2) is 47.2 Å². The van der Waals surface area contributed by atoms with Gasteiger partial charge in [-0.2, -0.15) is 13.2 Å². The van der Waals surface area contributed by atoms with Crippen LogP contribution >= 0.6 is 11.3 Å². The minimum atomic E-state index is -5.08. The SMILES string of the molecule is O=C(NCc1ccncc1)C1=NOC2(CCCN(C(=O)Cc3cccs3)C2)C1.O=C(O)C(F)(F)F. The molecule has 4 rings (SSSR count). The van der Waals surface area contributed by atoms with Crippen molar-refractivity contribution < 1.29 is 37.5 Å². The number of thiophene rings is 1. The number of aromatic nitrogens is 1. The molecule has 2 aliphatic rings. The second-order valence-electron chi connectivity index (χ2n) is 8.01. The number of aliphatic carboxylic acids is 1. The molecular weight excluding hydrogens is 489 g/mol. The lowest BCUT2D eigenvalue weighted by atomic mass is 9.88. The zero-order valence-electron chi connectivity index (χ0n) is 18.5. The number of likely N-dealkylation sites (tertiary alicyclic amines) is 1. The molecule has 35 heavy (non-hydrogen) atoms. The van der Waals surface area contributed by atoms with Crippen LogP contribution in [0.2, 0.25) is 0 Å². The number of hydrogen-bond donors (Lipinski definition) is 2. The molecule has 188 valence electrons. The zero-order valence-corrected chi connectivity index (χ0v) is 19.3. The summed E-state index contributed by atoms with van der Waals surface area (Å²) >= 11 is 1.59. The fourth-order valence-corrected chi connectivity index (χ4v) is 4.33. The van der Waals surface area contributed by atoms with Gasteiger partial charge in [0, 0.05) is 36.8 Å². The van der Waals surface area contributed by atoms with E-state index in [9.17, 15) is 22.8 Å². The number of piperidine rings is 1. The first-order valence-corrected chi connectivity index (χ1v) is 11.5. The molecule has 4 heterocycles. The van der Waals surface area contributed by atoms with Crippen LogP contribution in [-0.2, 0) is 32.2 Å². The highest BCUT2D eigenvalue weighted by atomic mass is 32.1. The Bertz CT molecular complexity index is 1060. The number of pyridine rings is 1. The maximum absolute atomic E-state index is 12.6. The number of amides is 2. The number of carbonyl (C=O) groups is 3. The van der Waals surface area contributed by atoms with Crippen molar-refractivity contribution >= 4 is 34.8 Å². The first-order valence-electron chi connectivity index (χ1n) is 10.6. The summed E-state index contributed by atoms with van der Waals surface area (Å²) in [5.74, 6) is -2.89. The fourth-order valence-electron chi connectivity index (χ4n) is 3.63. The Morgan fingerprint density at radius 2 is 1.94 bits per heavy atom. The van der Waals surface area contributed by atoms with Gasteiger partial charge in [-0.25, -0.2) is 4.79 Å². The van der Waals surface area contributed by atoms with Crippen molar-refractivity contribution in [3.63, 3.8) is 0 Å². The third kappa shape index (κ3) is 7.50. The van der Waals surface area contributed by atoms with Gasteiger partial charge in [0.1, 0.15) is 5.71 Å². The summed E-state index contributed by atoms with van der Waals surface area (Å²) in [4.78, 5) is 46.6. The summed E-state index contributed by atoms with van der Waals surface area (Å²) in [5, 5.41) is 16.0. The van der Waals surface area contributed by atoms with E-state index in [1.165, 1.54) is 0 Å². The molecular formula is C22H23F3N4O5S. The predicted molar refractivity (Wildman–Crippen MR) is 119 cm³/mol. The smallest absolute Gasteiger partial charge is 0.475 e. The first-order chi connectivity index (χ1) is 16.6. The van der Waals surface area contributed by atoms with Gasteiger partial charge in [0.25, 0.3) is 5.91 Å². The highest BCUT2D eigenvalue weighted by molar-refractivity contribution is 7.10. The molecule has 0 saturated carbocycles. The number of alkyl halides is 3. The molecule has 0 radical (unpaired) electrons. The molecule has 2 aromatic heterocycles. The molecule has 2 amide bonds. The van der Waals surface area contributed by atoms with Crippen molar-refractivity contribution in [2.75, 3.05) is 13.1 Å². The monoisotopic (exact) mass is 512 g/mol. The maximum atomic E-state index is 12.6. The lowest BCUT2D eigenvalue weighted by Crippen LogP contribution is -2.51. The van der Waals surface area contributed by atoms with Crippen molar-refractivity contribution in [1.82, 2.24) is 15.2 Å². The van der Waals surface area contributed by atoms with E-state index in [4.69, 9.17) is 14.7 Å². The third-order valence-electron chi connectivity index (χ3n) is 5.34. The molecule has 1 atom stereocenters. The average Bonchev–Trinajstić information content (AvgIpc) is 3.48. The van der Waals surface area contributed by atoms with Crippen LogP contribution in [0.1, 0.15) is 29.7 Å². The highest BCUT2D eigenvalue weighted by Crippen LogP contribution is 2.33. The summed E-state index contributed by atoms with van der Waals surface area (Å²) in [6.45, 7) is 1.61. The van der Waals surface area contributed by atoms with E-state index in [0.717, 1.165) is 29.8 Å². The second-order valence-corrected chi connectivity index (χ2v) is 9.04. The van der Waals surface area contributed by atoms with Crippen molar-refractivity contribution in [2.45, 2.75) is 44.0 Å². The zero-order chi connectivity index (χ0) is 25.5.